The van der Waals surface area contributed by atoms with Crippen LogP contribution in [0.2, 0.25) is 0 Å². The van der Waals surface area contributed by atoms with Crippen LogP contribution in [0.1, 0.15) is 40.5 Å². The van der Waals surface area contributed by atoms with Gasteiger partial charge >= 0.3 is 0 Å². The van der Waals surface area contributed by atoms with Crippen LogP contribution < -0.4 is 5.32 Å². The summed E-state index contributed by atoms with van der Waals surface area (Å²) in [6.07, 6.45) is 2.42. The van der Waals surface area contributed by atoms with Crippen molar-refractivity contribution >= 4 is 17.3 Å². The highest BCUT2D eigenvalue weighted by Gasteiger charge is 2.09. The molecule has 0 rings (SSSR count). The first-order valence-electron chi connectivity index (χ1n) is 5.94. The van der Waals surface area contributed by atoms with Gasteiger partial charge in [-0.15, -0.1) is 0 Å². The summed E-state index contributed by atoms with van der Waals surface area (Å²) >= 11 is 5.30. The van der Waals surface area contributed by atoms with Crippen LogP contribution in [0.15, 0.2) is 0 Å². The van der Waals surface area contributed by atoms with E-state index in [1.807, 2.05) is 7.05 Å². The molecule has 0 fully saturated rings. The standard InChI is InChI=1S/C12H26N2S/c1-10(2)6-8-14(12(15)13-5)9-7-11(3)4/h10-11H,6-9H2,1-5H3,(H,13,15). The first-order valence-corrected chi connectivity index (χ1v) is 6.34. The molecule has 90 valence electrons. The van der Waals surface area contributed by atoms with E-state index in [1.165, 1.54) is 12.8 Å². The van der Waals surface area contributed by atoms with Crippen LogP contribution in [0, 0.1) is 11.8 Å². The fraction of sp³-hybridized carbons (Fsp3) is 0.917. The van der Waals surface area contributed by atoms with Crippen molar-refractivity contribution in [2.45, 2.75) is 40.5 Å². The molecule has 0 unspecified atom stereocenters. The average molecular weight is 230 g/mol. The molecular weight excluding hydrogens is 204 g/mol. The number of nitrogens with one attached hydrogen (secondary N) is 1. The third-order valence-corrected chi connectivity index (χ3v) is 2.92. The summed E-state index contributed by atoms with van der Waals surface area (Å²) in [5.74, 6) is 1.48. The lowest BCUT2D eigenvalue weighted by atomic mass is 10.1. The van der Waals surface area contributed by atoms with E-state index in [2.05, 4.69) is 37.9 Å². The van der Waals surface area contributed by atoms with Gasteiger partial charge in [0.1, 0.15) is 0 Å². The van der Waals surface area contributed by atoms with Crippen molar-refractivity contribution in [2.24, 2.45) is 11.8 Å². The van der Waals surface area contributed by atoms with Gasteiger partial charge in [-0.2, -0.15) is 0 Å². The molecule has 0 saturated heterocycles. The summed E-state index contributed by atoms with van der Waals surface area (Å²) in [6.45, 7) is 11.2. The van der Waals surface area contributed by atoms with E-state index in [0.29, 0.717) is 0 Å². The number of rotatable bonds is 6. The molecule has 0 spiro atoms. The van der Waals surface area contributed by atoms with E-state index < -0.39 is 0 Å². The molecule has 0 aliphatic carbocycles. The molecule has 0 aromatic heterocycles. The van der Waals surface area contributed by atoms with Gasteiger partial charge in [0.15, 0.2) is 5.11 Å². The number of thiocarbonyl (C=S) groups is 1. The normalized spacial score (nSPS) is 10.9. The Labute approximate surface area is 100 Å². The minimum atomic E-state index is 0.742. The topological polar surface area (TPSA) is 15.3 Å². The van der Waals surface area contributed by atoms with E-state index in [9.17, 15) is 0 Å². The van der Waals surface area contributed by atoms with E-state index in [0.717, 1.165) is 30.0 Å². The van der Waals surface area contributed by atoms with Gasteiger partial charge in [0.25, 0.3) is 0 Å². The summed E-state index contributed by atoms with van der Waals surface area (Å²) in [6, 6.07) is 0. The average Bonchev–Trinajstić information content (AvgIpc) is 2.16. The number of hydrogen-bond donors (Lipinski definition) is 1. The molecule has 0 aromatic carbocycles. The summed E-state index contributed by atoms with van der Waals surface area (Å²) in [7, 11) is 1.90. The van der Waals surface area contributed by atoms with Crippen molar-refractivity contribution in [2.75, 3.05) is 20.1 Å². The second-order valence-corrected chi connectivity index (χ2v) is 5.29. The van der Waals surface area contributed by atoms with Crippen molar-refractivity contribution in [3.05, 3.63) is 0 Å². The number of nitrogens with zero attached hydrogens (tertiary/aromatic N) is 1. The van der Waals surface area contributed by atoms with E-state index in [4.69, 9.17) is 12.2 Å². The lowest BCUT2D eigenvalue weighted by molar-refractivity contribution is 0.351. The van der Waals surface area contributed by atoms with Gasteiger partial charge in [0, 0.05) is 20.1 Å². The largest absolute Gasteiger partial charge is 0.366 e. The maximum absolute atomic E-state index is 5.30. The molecule has 0 aliphatic heterocycles. The fourth-order valence-corrected chi connectivity index (χ4v) is 1.48. The molecule has 0 radical (unpaired) electrons. The number of hydrogen-bond acceptors (Lipinski definition) is 1. The van der Waals surface area contributed by atoms with Gasteiger partial charge in [-0.1, -0.05) is 27.7 Å². The predicted molar refractivity (Wildman–Crippen MR) is 72.1 cm³/mol. The molecule has 3 heteroatoms. The molecule has 0 aromatic rings. The SMILES string of the molecule is CNC(=S)N(CCC(C)C)CCC(C)C. The highest BCUT2D eigenvalue weighted by molar-refractivity contribution is 7.80. The third-order valence-electron chi connectivity index (χ3n) is 2.45. The molecule has 0 heterocycles. The van der Waals surface area contributed by atoms with E-state index in [-0.39, 0.29) is 0 Å². The van der Waals surface area contributed by atoms with Gasteiger partial charge < -0.3 is 10.2 Å². The molecule has 0 saturated carbocycles. The molecule has 15 heavy (non-hydrogen) atoms. The van der Waals surface area contributed by atoms with Crippen LogP contribution in [0.3, 0.4) is 0 Å². The Morgan fingerprint density at radius 3 is 1.73 bits per heavy atom. The fourth-order valence-electron chi connectivity index (χ4n) is 1.30. The minimum Gasteiger partial charge on any atom is -0.366 e. The van der Waals surface area contributed by atoms with Gasteiger partial charge in [-0.3, -0.25) is 0 Å². The second-order valence-electron chi connectivity index (χ2n) is 4.91. The summed E-state index contributed by atoms with van der Waals surface area (Å²) in [5, 5.41) is 3.96. The Morgan fingerprint density at radius 2 is 1.47 bits per heavy atom. The Morgan fingerprint density at radius 1 is 1.07 bits per heavy atom. The molecule has 0 aliphatic rings. The third kappa shape index (κ3) is 7.60. The van der Waals surface area contributed by atoms with Crippen molar-refractivity contribution in [3.8, 4) is 0 Å². The maximum Gasteiger partial charge on any atom is 0.168 e. The first kappa shape index (κ1) is 14.7. The smallest absolute Gasteiger partial charge is 0.168 e. The summed E-state index contributed by atoms with van der Waals surface area (Å²) in [5.41, 5.74) is 0. The zero-order valence-electron chi connectivity index (χ0n) is 10.8. The van der Waals surface area contributed by atoms with Crippen molar-refractivity contribution < 1.29 is 0 Å². The molecule has 0 amide bonds. The highest BCUT2D eigenvalue weighted by Crippen LogP contribution is 2.06. The molecule has 0 atom stereocenters. The van der Waals surface area contributed by atoms with Crippen molar-refractivity contribution in [1.29, 1.82) is 0 Å². The summed E-state index contributed by atoms with van der Waals surface area (Å²) in [4.78, 5) is 2.29. The lowest BCUT2D eigenvalue weighted by Crippen LogP contribution is -2.39. The Bertz CT molecular complexity index is 166. The van der Waals surface area contributed by atoms with Crippen molar-refractivity contribution in [3.63, 3.8) is 0 Å². The van der Waals surface area contributed by atoms with E-state index >= 15 is 0 Å². The van der Waals surface area contributed by atoms with Gasteiger partial charge in [0.2, 0.25) is 0 Å². The second kappa shape index (κ2) is 7.91. The quantitative estimate of drug-likeness (QED) is 0.706. The predicted octanol–water partition coefficient (Wildman–Crippen LogP) is 2.88. The van der Waals surface area contributed by atoms with Crippen LogP contribution in [0.4, 0.5) is 0 Å². The van der Waals surface area contributed by atoms with Gasteiger partial charge in [-0.05, 0) is 36.9 Å². The van der Waals surface area contributed by atoms with Crippen LogP contribution in [0.25, 0.3) is 0 Å². The zero-order chi connectivity index (χ0) is 11.8. The van der Waals surface area contributed by atoms with Crippen LogP contribution in [-0.2, 0) is 0 Å². The van der Waals surface area contributed by atoms with Crippen LogP contribution in [-0.4, -0.2) is 30.1 Å². The Hall–Kier alpha value is -0.310. The van der Waals surface area contributed by atoms with E-state index in [1.54, 1.807) is 0 Å². The summed E-state index contributed by atoms with van der Waals surface area (Å²) < 4.78 is 0. The maximum atomic E-state index is 5.30. The molecule has 1 N–H and O–H groups in total. The minimum absolute atomic E-state index is 0.742. The Kier molecular flexibility index (Phi) is 7.75. The first-order chi connectivity index (χ1) is 6.97. The monoisotopic (exact) mass is 230 g/mol. The molecular formula is C12H26N2S. The van der Waals surface area contributed by atoms with Gasteiger partial charge in [0.05, 0.1) is 0 Å². The van der Waals surface area contributed by atoms with Crippen molar-refractivity contribution in [1.82, 2.24) is 10.2 Å². The Balaban J connectivity index is 4.01. The highest BCUT2D eigenvalue weighted by atomic mass is 32.1. The van der Waals surface area contributed by atoms with Gasteiger partial charge in [-0.25, -0.2) is 0 Å². The molecule has 2 nitrogen and oxygen atoms in total. The zero-order valence-corrected chi connectivity index (χ0v) is 11.7. The van der Waals surface area contributed by atoms with Crippen LogP contribution in [0.5, 0.6) is 0 Å². The lowest BCUT2D eigenvalue weighted by Gasteiger charge is -2.26. The van der Waals surface area contributed by atoms with Crippen LogP contribution >= 0.6 is 12.2 Å². The molecule has 0 bridgehead atoms.